The maximum atomic E-state index is 11.0. The van der Waals surface area contributed by atoms with Crippen LogP contribution in [0.3, 0.4) is 0 Å². The lowest BCUT2D eigenvalue weighted by Gasteiger charge is -2.01. The molecule has 0 spiro atoms. The summed E-state index contributed by atoms with van der Waals surface area (Å²) in [7, 11) is 1.31. The molecular weight excluding hydrogens is 156 g/mol. The van der Waals surface area contributed by atoms with Crippen molar-refractivity contribution < 1.29 is 14.3 Å². The SMILES string of the molecule is CC/C=C(/CC(C)=O)C(=O)OC. The van der Waals surface area contributed by atoms with Crippen LogP contribution in [0, 0.1) is 0 Å². The van der Waals surface area contributed by atoms with E-state index in [1.165, 1.54) is 14.0 Å². The predicted octanol–water partition coefficient (Wildman–Crippen LogP) is 1.47. The Kier molecular flexibility index (Phi) is 5.00. The fourth-order valence-corrected chi connectivity index (χ4v) is 0.873. The Labute approximate surface area is 72.4 Å². The van der Waals surface area contributed by atoms with Gasteiger partial charge in [0.2, 0.25) is 0 Å². The molecule has 0 aliphatic heterocycles. The Balaban J connectivity index is 4.34. The molecule has 0 amide bonds. The summed E-state index contributed by atoms with van der Waals surface area (Å²) in [5, 5.41) is 0. The van der Waals surface area contributed by atoms with Gasteiger partial charge in [0.05, 0.1) is 7.11 Å². The molecule has 0 bridgehead atoms. The minimum absolute atomic E-state index is 0.0277. The van der Waals surface area contributed by atoms with E-state index in [-0.39, 0.29) is 12.2 Å². The standard InChI is InChI=1S/C9H14O3/c1-4-5-8(6-7(2)10)9(11)12-3/h5H,4,6H2,1-3H3/b8-5-. The van der Waals surface area contributed by atoms with Gasteiger partial charge in [-0.2, -0.15) is 0 Å². The molecule has 0 rings (SSSR count). The van der Waals surface area contributed by atoms with Gasteiger partial charge in [0, 0.05) is 12.0 Å². The fourth-order valence-electron chi connectivity index (χ4n) is 0.873. The van der Waals surface area contributed by atoms with E-state index in [1.807, 2.05) is 6.92 Å². The molecule has 0 saturated carbocycles. The largest absolute Gasteiger partial charge is 0.466 e. The first kappa shape index (κ1) is 10.9. The molecular formula is C9H14O3. The summed E-state index contributed by atoms with van der Waals surface area (Å²) in [5.74, 6) is -0.438. The van der Waals surface area contributed by atoms with Gasteiger partial charge in [-0.3, -0.25) is 4.79 Å². The van der Waals surface area contributed by atoms with Gasteiger partial charge in [-0.05, 0) is 13.3 Å². The summed E-state index contributed by atoms with van der Waals surface area (Å²) >= 11 is 0. The average molecular weight is 170 g/mol. The molecule has 0 radical (unpaired) electrons. The fraction of sp³-hybridized carbons (Fsp3) is 0.556. The normalized spacial score (nSPS) is 11.1. The molecule has 0 heterocycles. The molecule has 0 aromatic carbocycles. The number of rotatable bonds is 4. The monoisotopic (exact) mass is 170 g/mol. The lowest BCUT2D eigenvalue weighted by molar-refractivity contribution is -0.137. The topological polar surface area (TPSA) is 43.4 Å². The highest BCUT2D eigenvalue weighted by atomic mass is 16.5. The van der Waals surface area contributed by atoms with Gasteiger partial charge in [-0.1, -0.05) is 13.0 Å². The first-order chi connectivity index (χ1) is 5.61. The van der Waals surface area contributed by atoms with Crippen LogP contribution in [-0.4, -0.2) is 18.9 Å². The van der Waals surface area contributed by atoms with Crippen LogP contribution >= 0.6 is 0 Å². The van der Waals surface area contributed by atoms with Crippen molar-refractivity contribution in [2.24, 2.45) is 0 Å². The van der Waals surface area contributed by atoms with E-state index in [0.29, 0.717) is 5.57 Å². The number of esters is 1. The molecule has 3 nitrogen and oxygen atoms in total. The molecule has 0 saturated heterocycles. The van der Waals surface area contributed by atoms with Crippen molar-refractivity contribution in [1.29, 1.82) is 0 Å². The second-order valence-electron chi connectivity index (χ2n) is 2.51. The summed E-state index contributed by atoms with van der Waals surface area (Å²) in [6.07, 6.45) is 2.62. The minimum atomic E-state index is -0.410. The third-order valence-electron chi connectivity index (χ3n) is 1.34. The summed E-state index contributed by atoms with van der Waals surface area (Å²) in [6, 6.07) is 0. The Morgan fingerprint density at radius 2 is 2.00 bits per heavy atom. The van der Waals surface area contributed by atoms with E-state index in [4.69, 9.17) is 0 Å². The Bertz CT molecular complexity index is 204. The van der Waals surface area contributed by atoms with Gasteiger partial charge in [0.15, 0.2) is 0 Å². The number of hydrogen-bond donors (Lipinski definition) is 0. The highest BCUT2D eigenvalue weighted by Crippen LogP contribution is 2.05. The van der Waals surface area contributed by atoms with Gasteiger partial charge in [0.25, 0.3) is 0 Å². The first-order valence-corrected chi connectivity index (χ1v) is 3.88. The van der Waals surface area contributed by atoms with E-state index in [2.05, 4.69) is 4.74 Å². The van der Waals surface area contributed by atoms with Crippen molar-refractivity contribution in [1.82, 2.24) is 0 Å². The molecule has 0 aliphatic rings. The van der Waals surface area contributed by atoms with Crippen molar-refractivity contribution in [3.8, 4) is 0 Å². The molecule has 0 unspecified atom stereocenters. The number of carbonyl (C=O) groups is 2. The van der Waals surface area contributed by atoms with Gasteiger partial charge in [-0.25, -0.2) is 4.79 Å². The van der Waals surface area contributed by atoms with Crippen LogP contribution in [0.4, 0.5) is 0 Å². The molecule has 0 aliphatic carbocycles. The van der Waals surface area contributed by atoms with Crippen LogP contribution < -0.4 is 0 Å². The Morgan fingerprint density at radius 1 is 1.42 bits per heavy atom. The third-order valence-corrected chi connectivity index (χ3v) is 1.34. The minimum Gasteiger partial charge on any atom is -0.466 e. The second-order valence-corrected chi connectivity index (χ2v) is 2.51. The number of ether oxygens (including phenoxy) is 1. The number of carbonyl (C=O) groups excluding carboxylic acids is 2. The van der Waals surface area contributed by atoms with Crippen molar-refractivity contribution >= 4 is 11.8 Å². The molecule has 0 aromatic rings. The highest BCUT2D eigenvalue weighted by Gasteiger charge is 2.10. The van der Waals surface area contributed by atoms with Gasteiger partial charge < -0.3 is 4.74 Å². The number of Topliss-reactive ketones (excluding diaryl/α,β-unsaturated/α-hetero) is 1. The summed E-state index contributed by atoms with van der Waals surface area (Å²) in [5.41, 5.74) is 0.451. The lowest BCUT2D eigenvalue weighted by atomic mass is 10.1. The zero-order valence-corrected chi connectivity index (χ0v) is 7.72. The summed E-state index contributed by atoms with van der Waals surface area (Å²) in [4.78, 5) is 21.7. The van der Waals surface area contributed by atoms with Crippen molar-refractivity contribution in [3.63, 3.8) is 0 Å². The highest BCUT2D eigenvalue weighted by molar-refractivity contribution is 5.95. The zero-order chi connectivity index (χ0) is 9.56. The molecule has 0 N–H and O–H groups in total. The maximum Gasteiger partial charge on any atom is 0.333 e. The smallest absolute Gasteiger partial charge is 0.333 e. The van der Waals surface area contributed by atoms with E-state index < -0.39 is 5.97 Å². The molecule has 0 aromatic heterocycles. The Morgan fingerprint density at radius 3 is 2.33 bits per heavy atom. The number of methoxy groups -OCH3 is 1. The van der Waals surface area contributed by atoms with Gasteiger partial charge in [-0.15, -0.1) is 0 Å². The van der Waals surface area contributed by atoms with E-state index in [9.17, 15) is 9.59 Å². The number of hydrogen-bond acceptors (Lipinski definition) is 3. The zero-order valence-electron chi connectivity index (χ0n) is 7.72. The number of allylic oxidation sites excluding steroid dienone is 1. The molecule has 0 fully saturated rings. The van der Waals surface area contributed by atoms with Crippen LogP contribution in [0.5, 0.6) is 0 Å². The van der Waals surface area contributed by atoms with Crippen molar-refractivity contribution in [3.05, 3.63) is 11.6 Å². The third kappa shape index (κ3) is 3.91. The molecule has 12 heavy (non-hydrogen) atoms. The van der Waals surface area contributed by atoms with Crippen LogP contribution in [0.25, 0.3) is 0 Å². The maximum absolute atomic E-state index is 11.0. The van der Waals surface area contributed by atoms with Crippen LogP contribution in [-0.2, 0) is 14.3 Å². The Hall–Kier alpha value is -1.12. The average Bonchev–Trinajstić information content (AvgIpc) is 2.01. The van der Waals surface area contributed by atoms with Crippen LogP contribution in [0.1, 0.15) is 26.7 Å². The molecule has 68 valence electrons. The van der Waals surface area contributed by atoms with E-state index in [0.717, 1.165) is 6.42 Å². The van der Waals surface area contributed by atoms with Crippen LogP contribution in [0.15, 0.2) is 11.6 Å². The van der Waals surface area contributed by atoms with Crippen molar-refractivity contribution in [2.45, 2.75) is 26.7 Å². The number of ketones is 1. The first-order valence-electron chi connectivity index (χ1n) is 3.88. The van der Waals surface area contributed by atoms with Gasteiger partial charge in [0.1, 0.15) is 5.78 Å². The predicted molar refractivity (Wildman–Crippen MR) is 45.7 cm³/mol. The van der Waals surface area contributed by atoms with Gasteiger partial charge >= 0.3 is 5.97 Å². The van der Waals surface area contributed by atoms with E-state index >= 15 is 0 Å². The molecule has 3 heteroatoms. The lowest BCUT2D eigenvalue weighted by Crippen LogP contribution is -2.08. The summed E-state index contributed by atoms with van der Waals surface area (Å²) in [6.45, 7) is 3.36. The van der Waals surface area contributed by atoms with Crippen LogP contribution in [0.2, 0.25) is 0 Å². The quantitative estimate of drug-likeness (QED) is 0.474. The van der Waals surface area contributed by atoms with E-state index in [1.54, 1.807) is 6.08 Å². The summed E-state index contributed by atoms with van der Waals surface area (Å²) < 4.78 is 4.51. The molecule has 0 atom stereocenters. The van der Waals surface area contributed by atoms with Crippen molar-refractivity contribution in [2.75, 3.05) is 7.11 Å². The second kappa shape index (κ2) is 5.52.